The molecular formula is C6H14O4. The van der Waals surface area contributed by atoms with E-state index < -0.39 is 0 Å². The van der Waals surface area contributed by atoms with Gasteiger partial charge in [-0.2, -0.15) is 0 Å². The summed E-state index contributed by atoms with van der Waals surface area (Å²) in [6.07, 6.45) is 0.549. The van der Waals surface area contributed by atoms with Gasteiger partial charge in [0.15, 0.2) is 0 Å². The number of rotatable bonds is 4. The summed E-state index contributed by atoms with van der Waals surface area (Å²) in [5, 5.41) is 12.0. The zero-order valence-corrected chi connectivity index (χ0v) is 6.33. The van der Waals surface area contributed by atoms with Crippen LogP contribution in [-0.2, 0) is 9.53 Å². The molecule has 0 bridgehead atoms. The number of carbonyl (C=O) groups excluding carboxylic acids is 1. The van der Waals surface area contributed by atoms with Gasteiger partial charge in [0.1, 0.15) is 5.78 Å². The van der Waals surface area contributed by atoms with E-state index in [2.05, 4.69) is 0 Å². The Hall–Kier alpha value is -0.450. The van der Waals surface area contributed by atoms with E-state index in [0.717, 1.165) is 0 Å². The molecule has 4 heteroatoms. The van der Waals surface area contributed by atoms with E-state index in [1.807, 2.05) is 6.92 Å². The third kappa shape index (κ3) is 15.6. The average Bonchev–Trinajstić information content (AvgIpc) is 1.92. The Bertz CT molecular complexity index is 72.1. The first kappa shape index (κ1) is 12.2. The van der Waals surface area contributed by atoms with E-state index in [1.54, 1.807) is 6.92 Å². The van der Waals surface area contributed by atoms with Gasteiger partial charge in [0.05, 0.1) is 6.61 Å². The van der Waals surface area contributed by atoms with Crippen LogP contribution in [-0.4, -0.2) is 29.5 Å². The van der Waals surface area contributed by atoms with E-state index >= 15 is 0 Å². The first-order valence-corrected chi connectivity index (χ1v) is 3.04. The van der Waals surface area contributed by atoms with Crippen molar-refractivity contribution >= 4 is 5.78 Å². The Kier molecular flexibility index (Phi) is 13.9. The summed E-state index contributed by atoms with van der Waals surface area (Å²) in [5.74, 6) is 0.193. The summed E-state index contributed by atoms with van der Waals surface area (Å²) in [5.41, 5.74) is 0. The van der Waals surface area contributed by atoms with Crippen LogP contribution in [0.3, 0.4) is 0 Å². The molecule has 0 amide bonds. The van der Waals surface area contributed by atoms with Crippen molar-refractivity contribution in [1.82, 2.24) is 0 Å². The van der Waals surface area contributed by atoms with Crippen molar-refractivity contribution in [1.29, 1.82) is 0 Å². The molecule has 0 saturated carbocycles. The minimum absolute atomic E-state index is 0.193. The number of hydrogen-bond donors (Lipinski definition) is 2. The van der Waals surface area contributed by atoms with Crippen molar-refractivity contribution in [2.24, 2.45) is 0 Å². The van der Waals surface area contributed by atoms with Gasteiger partial charge in [-0.3, -0.25) is 15.3 Å². The first-order chi connectivity index (χ1) is 4.77. The van der Waals surface area contributed by atoms with Crippen LogP contribution in [0.1, 0.15) is 20.3 Å². The lowest BCUT2D eigenvalue weighted by molar-refractivity contribution is -0.176. The summed E-state index contributed by atoms with van der Waals surface area (Å²) >= 11 is 0. The molecule has 0 spiro atoms. The molecule has 2 N–H and O–H groups in total. The fourth-order valence-electron chi connectivity index (χ4n) is 0.360. The fourth-order valence-corrected chi connectivity index (χ4v) is 0.360. The van der Waals surface area contributed by atoms with Gasteiger partial charge in [0, 0.05) is 13.0 Å². The fraction of sp³-hybridized carbons (Fsp3) is 0.833. The molecule has 0 rings (SSSR count). The molecule has 0 aliphatic heterocycles. The minimum atomic E-state index is 0.193. The maximum atomic E-state index is 10.2. The molecule has 0 aromatic rings. The SMILES string of the molecule is CCOCCC(C)=O.OO. The van der Waals surface area contributed by atoms with Gasteiger partial charge in [-0.1, -0.05) is 0 Å². The largest absolute Gasteiger partial charge is 0.381 e. The highest BCUT2D eigenvalue weighted by atomic mass is 17.0. The summed E-state index contributed by atoms with van der Waals surface area (Å²) in [6.45, 7) is 4.76. The molecule has 0 aromatic heterocycles. The van der Waals surface area contributed by atoms with Gasteiger partial charge in [0.2, 0.25) is 0 Å². The van der Waals surface area contributed by atoms with E-state index in [9.17, 15) is 4.79 Å². The summed E-state index contributed by atoms with van der Waals surface area (Å²) in [4.78, 5) is 10.2. The number of ether oxygens (including phenoxy) is 1. The van der Waals surface area contributed by atoms with E-state index in [4.69, 9.17) is 15.3 Å². The standard InChI is InChI=1S/C6H12O2.H2O2/c1-3-8-5-4-6(2)7;1-2/h3-5H2,1-2H3;1-2H. The number of ketones is 1. The molecule has 4 nitrogen and oxygen atoms in total. The van der Waals surface area contributed by atoms with E-state index in [0.29, 0.717) is 19.6 Å². The van der Waals surface area contributed by atoms with E-state index in [1.165, 1.54) is 0 Å². The molecule has 0 unspecified atom stereocenters. The molecule has 0 heterocycles. The second kappa shape index (κ2) is 11.4. The van der Waals surface area contributed by atoms with Crippen LogP contribution in [0, 0.1) is 0 Å². The Morgan fingerprint density at radius 2 is 2.00 bits per heavy atom. The second-order valence-corrected chi connectivity index (χ2v) is 1.65. The third-order valence-corrected chi connectivity index (χ3v) is 0.803. The smallest absolute Gasteiger partial charge is 0.132 e. The average molecular weight is 150 g/mol. The molecule has 10 heavy (non-hydrogen) atoms. The molecule has 0 fully saturated rings. The second-order valence-electron chi connectivity index (χ2n) is 1.65. The monoisotopic (exact) mass is 150 g/mol. The van der Waals surface area contributed by atoms with Gasteiger partial charge in [-0.25, -0.2) is 0 Å². The summed E-state index contributed by atoms with van der Waals surface area (Å²) < 4.78 is 4.92. The van der Waals surface area contributed by atoms with Gasteiger partial charge in [-0.05, 0) is 13.8 Å². The minimum Gasteiger partial charge on any atom is -0.381 e. The van der Waals surface area contributed by atoms with Crippen molar-refractivity contribution in [3.05, 3.63) is 0 Å². The molecule has 0 atom stereocenters. The Balaban J connectivity index is 0. The highest BCUT2D eigenvalue weighted by Gasteiger charge is 1.89. The molecule has 0 radical (unpaired) electrons. The van der Waals surface area contributed by atoms with Gasteiger partial charge < -0.3 is 4.74 Å². The van der Waals surface area contributed by atoms with Crippen LogP contribution in [0.15, 0.2) is 0 Å². The maximum Gasteiger partial charge on any atom is 0.132 e. The highest BCUT2D eigenvalue weighted by Crippen LogP contribution is 1.82. The maximum absolute atomic E-state index is 10.2. The third-order valence-electron chi connectivity index (χ3n) is 0.803. The molecular weight excluding hydrogens is 136 g/mol. The molecule has 0 aliphatic rings. The van der Waals surface area contributed by atoms with Gasteiger partial charge in [0.25, 0.3) is 0 Å². The Labute approximate surface area is 60.4 Å². The van der Waals surface area contributed by atoms with Gasteiger partial charge >= 0.3 is 0 Å². The summed E-state index contributed by atoms with van der Waals surface area (Å²) in [6, 6.07) is 0. The lowest BCUT2D eigenvalue weighted by atomic mass is 10.3. The van der Waals surface area contributed by atoms with Crippen LogP contribution in [0.4, 0.5) is 0 Å². The number of hydrogen-bond acceptors (Lipinski definition) is 4. The summed E-state index contributed by atoms with van der Waals surface area (Å²) in [7, 11) is 0. The number of carbonyl (C=O) groups is 1. The van der Waals surface area contributed by atoms with Crippen molar-refractivity contribution in [2.75, 3.05) is 13.2 Å². The normalized spacial score (nSPS) is 8.00. The highest BCUT2D eigenvalue weighted by molar-refractivity contribution is 5.75. The molecule has 62 valence electrons. The Morgan fingerprint density at radius 1 is 1.50 bits per heavy atom. The topological polar surface area (TPSA) is 66.8 Å². The van der Waals surface area contributed by atoms with Crippen LogP contribution in [0.25, 0.3) is 0 Å². The molecule has 0 aromatic carbocycles. The predicted octanol–water partition coefficient (Wildman–Crippen LogP) is 1.02. The van der Waals surface area contributed by atoms with Crippen LogP contribution in [0.5, 0.6) is 0 Å². The Morgan fingerprint density at radius 3 is 2.30 bits per heavy atom. The van der Waals surface area contributed by atoms with E-state index in [-0.39, 0.29) is 5.78 Å². The molecule has 0 saturated heterocycles. The molecule has 0 aliphatic carbocycles. The van der Waals surface area contributed by atoms with Crippen molar-refractivity contribution < 1.29 is 20.0 Å². The quantitative estimate of drug-likeness (QED) is 0.356. The first-order valence-electron chi connectivity index (χ1n) is 3.04. The van der Waals surface area contributed by atoms with Crippen LogP contribution < -0.4 is 0 Å². The van der Waals surface area contributed by atoms with Crippen molar-refractivity contribution in [2.45, 2.75) is 20.3 Å². The zero-order valence-electron chi connectivity index (χ0n) is 6.33. The van der Waals surface area contributed by atoms with Crippen molar-refractivity contribution in [3.63, 3.8) is 0 Å². The van der Waals surface area contributed by atoms with Gasteiger partial charge in [-0.15, -0.1) is 0 Å². The lowest BCUT2D eigenvalue weighted by Crippen LogP contribution is -1.98. The predicted molar refractivity (Wildman–Crippen MR) is 37.0 cm³/mol. The van der Waals surface area contributed by atoms with Crippen LogP contribution in [0.2, 0.25) is 0 Å². The zero-order chi connectivity index (χ0) is 8.41. The lowest BCUT2D eigenvalue weighted by Gasteiger charge is -1.94. The van der Waals surface area contributed by atoms with Crippen molar-refractivity contribution in [3.8, 4) is 0 Å². The van der Waals surface area contributed by atoms with Crippen LogP contribution >= 0.6 is 0 Å². The number of Topliss-reactive ketones (excluding diaryl/α,β-unsaturated/α-hetero) is 1.